The van der Waals surface area contributed by atoms with E-state index in [-0.39, 0.29) is 6.54 Å². The zero-order chi connectivity index (χ0) is 15.9. The predicted molar refractivity (Wildman–Crippen MR) is 82.5 cm³/mol. The molecule has 7 heteroatoms. The van der Waals surface area contributed by atoms with Crippen molar-refractivity contribution in [3.8, 4) is 5.75 Å². The molecule has 21 heavy (non-hydrogen) atoms. The monoisotopic (exact) mass is 358 g/mol. The first kappa shape index (κ1) is 17.3. The zero-order valence-electron chi connectivity index (χ0n) is 12.0. The van der Waals surface area contributed by atoms with E-state index in [4.69, 9.17) is 9.84 Å². The van der Waals surface area contributed by atoms with Crippen molar-refractivity contribution >= 4 is 27.9 Å². The topological polar surface area (TPSA) is 87.7 Å². The molecule has 0 spiro atoms. The van der Waals surface area contributed by atoms with E-state index in [0.717, 1.165) is 4.47 Å². The molecule has 2 amide bonds. The van der Waals surface area contributed by atoms with Gasteiger partial charge in [-0.05, 0) is 31.5 Å². The highest BCUT2D eigenvalue weighted by atomic mass is 79.9. The second-order valence-electron chi connectivity index (χ2n) is 4.68. The van der Waals surface area contributed by atoms with E-state index in [1.807, 2.05) is 24.3 Å². The number of nitrogens with one attached hydrogen (secondary N) is 2. The molecule has 0 aromatic heterocycles. The minimum absolute atomic E-state index is 0.276. The number of ether oxygens (including phenoxy) is 1. The van der Waals surface area contributed by atoms with Crippen molar-refractivity contribution in [2.24, 2.45) is 0 Å². The summed E-state index contributed by atoms with van der Waals surface area (Å²) in [4.78, 5) is 22.7. The molecule has 1 aromatic carbocycles. The summed E-state index contributed by atoms with van der Waals surface area (Å²) in [5.74, 6) is -0.374. The van der Waals surface area contributed by atoms with Gasteiger partial charge in [0.25, 0.3) is 0 Å². The molecule has 1 rings (SSSR count). The van der Waals surface area contributed by atoms with E-state index in [9.17, 15) is 9.59 Å². The number of carbonyl (C=O) groups is 2. The Bertz CT molecular complexity index is 510. The van der Waals surface area contributed by atoms with Crippen molar-refractivity contribution in [3.63, 3.8) is 0 Å². The number of benzene rings is 1. The quantitative estimate of drug-likeness (QED) is 0.653. The number of urea groups is 1. The molecule has 0 heterocycles. The Morgan fingerprint density at radius 2 is 2.14 bits per heavy atom. The van der Waals surface area contributed by atoms with E-state index in [1.165, 1.54) is 6.92 Å². The largest absolute Gasteiger partial charge is 0.492 e. The van der Waals surface area contributed by atoms with Gasteiger partial charge < -0.3 is 20.5 Å². The van der Waals surface area contributed by atoms with Gasteiger partial charge in [-0.25, -0.2) is 9.59 Å². The molecule has 0 aliphatic carbocycles. The number of hydrogen-bond donors (Lipinski definition) is 3. The van der Waals surface area contributed by atoms with Crippen LogP contribution in [0.2, 0.25) is 0 Å². The van der Waals surface area contributed by atoms with Crippen LogP contribution in [-0.4, -0.2) is 35.8 Å². The predicted octanol–water partition coefficient (Wildman–Crippen LogP) is 2.38. The van der Waals surface area contributed by atoms with Crippen molar-refractivity contribution in [1.29, 1.82) is 0 Å². The molecule has 0 bridgehead atoms. The summed E-state index contributed by atoms with van der Waals surface area (Å²) < 4.78 is 6.36. The van der Waals surface area contributed by atoms with Gasteiger partial charge in [0.05, 0.1) is 6.54 Å². The van der Waals surface area contributed by atoms with Crippen LogP contribution in [0.15, 0.2) is 28.7 Å². The lowest BCUT2D eigenvalue weighted by atomic mass is 10.00. The molecule has 1 unspecified atom stereocenters. The number of amides is 2. The third kappa shape index (κ3) is 5.63. The zero-order valence-corrected chi connectivity index (χ0v) is 13.6. The van der Waals surface area contributed by atoms with Gasteiger partial charge in [-0.3, -0.25) is 0 Å². The Hall–Kier alpha value is -1.76. The molecule has 0 fully saturated rings. The van der Waals surface area contributed by atoms with E-state index < -0.39 is 17.5 Å². The van der Waals surface area contributed by atoms with Gasteiger partial charge in [0.1, 0.15) is 17.9 Å². The van der Waals surface area contributed by atoms with Gasteiger partial charge in [0.2, 0.25) is 0 Å². The minimum atomic E-state index is -1.27. The van der Waals surface area contributed by atoms with Crippen molar-refractivity contribution in [1.82, 2.24) is 10.6 Å². The fourth-order valence-electron chi connectivity index (χ4n) is 1.48. The maximum Gasteiger partial charge on any atom is 0.329 e. The van der Waals surface area contributed by atoms with Gasteiger partial charge >= 0.3 is 12.0 Å². The Labute approximate surface area is 132 Å². The summed E-state index contributed by atoms with van der Waals surface area (Å²) in [6.07, 6.45) is 0.296. The number of carbonyl (C=O) groups excluding carboxylic acids is 1. The summed E-state index contributed by atoms with van der Waals surface area (Å²) in [5.41, 5.74) is -1.27. The lowest BCUT2D eigenvalue weighted by Gasteiger charge is -2.24. The van der Waals surface area contributed by atoms with Crippen LogP contribution in [-0.2, 0) is 4.79 Å². The van der Waals surface area contributed by atoms with Gasteiger partial charge in [-0.1, -0.05) is 28.9 Å². The first-order valence-corrected chi connectivity index (χ1v) is 7.34. The van der Waals surface area contributed by atoms with Crippen molar-refractivity contribution < 1.29 is 19.4 Å². The second kappa shape index (κ2) is 7.87. The third-order valence-corrected chi connectivity index (χ3v) is 3.51. The van der Waals surface area contributed by atoms with E-state index in [1.54, 1.807) is 6.92 Å². The summed E-state index contributed by atoms with van der Waals surface area (Å²) in [6.45, 7) is 3.73. The van der Waals surface area contributed by atoms with Gasteiger partial charge in [-0.15, -0.1) is 0 Å². The van der Waals surface area contributed by atoms with Crippen LogP contribution in [0.4, 0.5) is 4.79 Å². The molecule has 0 saturated heterocycles. The number of aliphatic carboxylic acids is 1. The molecule has 6 nitrogen and oxygen atoms in total. The fraction of sp³-hybridized carbons (Fsp3) is 0.429. The van der Waals surface area contributed by atoms with Crippen molar-refractivity contribution in [2.45, 2.75) is 25.8 Å². The van der Waals surface area contributed by atoms with Crippen molar-refractivity contribution in [2.75, 3.05) is 13.2 Å². The molecule has 0 radical (unpaired) electrons. The van der Waals surface area contributed by atoms with E-state index >= 15 is 0 Å². The minimum Gasteiger partial charge on any atom is -0.492 e. The van der Waals surface area contributed by atoms with Crippen LogP contribution < -0.4 is 15.4 Å². The SMILES string of the molecule is CCC(C)(NC(=O)NCCOc1cccc(Br)c1)C(=O)O. The van der Waals surface area contributed by atoms with Crippen LogP contribution in [0, 0.1) is 0 Å². The number of carboxylic acid groups (broad SMARTS) is 1. The molecule has 1 atom stereocenters. The maximum atomic E-state index is 11.6. The van der Waals surface area contributed by atoms with Gasteiger partial charge in [0.15, 0.2) is 0 Å². The highest BCUT2D eigenvalue weighted by Gasteiger charge is 2.32. The normalized spacial score (nSPS) is 13.1. The third-order valence-electron chi connectivity index (χ3n) is 3.02. The van der Waals surface area contributed by atoms with Crippen LogP contribution in [0.1, 0.15) is 20.3 Å². The van der Waals surface area contributed by atoms with Crippen LogP contribution >= 0.6 is 15.9 Å². The number of rotatable bonds is 7. The summed E-state index contributed by atoms with van der Waals surface area (Å²) >= 11 is 3.33. The van der Waals surface area contributed by atoms with Crippen LogP contribution in [0.3, 0.4) is 0 Å². The molecule has 0 aliphatic heterocycles. The molecule has 116 valence electrons. The molecular formula is C14H19BrN2O4. The van der Waals surface area contributed by atoms with Crippen LogP contribution in [0.25, 0.3) is 0 Å². The van der Waals surface area contributed by atoms with Crippen molar-refractivity contribution in [3.05, 3.63) is 28.7 Å². The summed E-state index contributed by atoms with van der Waals surface area (Å²) in [6, 6.07) is 6.83. The number of hydrogen-bond acceptors (Lipinski definition) is 3. The summed E-state index contributed by atoms with van der Waals surface area (Å²) in [5, 5.41) is 14.1. The van der Waals surface area contributed by atoms with Gasteiger partial charge in [-0.2, -0.15) is 0 Å². The Balaban J connectivity index is 2.32. The Morgan fingerprint density at radius 3 is 2.71 bits per heavy atom. The second-order valence-corrected chi connectivity index (χ2v) is 5.59. The molecule has 0 saturated carbocycles. The first-order chi connectivity index (χ1) is 9.87. The first-order valence-electron chi connectivity index (χ1n) is 6.55. The lowest BCUT2D eigenvalue weighted by Crippen LogP contribution is -2.55. The average Bonchev–Trinajstić information content (AvgIpc) is 2.43. The highest BCUT2D eigenvalue weighted by Crippen LogP contribution is 2.17. The van der Waals surface area contributed by atoms with Gasteiger partial charge in [0, 0.05) is 4.47 Å². The molecule has 0 aliphatic rings. The van der Waals surface area contributed by atoms with Crippen LogP contribution in [0.5, 0.6) is 5.75 Å². The highest BCUT2D eigenvalue weighted by molar-refractivity contribution is 9.10. The standard InChI is InChI=1S/C14H19BrN2O4/c1-3-14(2,12(18)19)17-13(20)16-7-8-21-11-6-4-5-10(15)9-11/h4-6,9H,3,7-8H2,1-2H3,(H,18,19)(H2,16,17,20). The summed E-state index contributed by atoms with van der Waals surface area (Å²) in [7, 11) is 0. The number of carboxylic acids is 1. The fourth-order valence-corrected chi connectivity index (χ4v) is 1.86. The maximum absolute atomic E-state index is 11.6. The molecule has 3 N–H and O–H groups in total. The Kier molecular flexibility index (Phi) is 6.48. The molecular weight excluding hydrogens is 340 g/mol. The lowest BCUT2D eigenvalue weighted by molar-refractivity contribution is -0.143. The van der Waals surface area contributed by atoms with E-state index in [0.29, 0.717) is 18.8 Å². The van der Waals surface area contributed by atoms with E-state index in [2.05, 4.69) is 26.6 Å². The smallest absolute Gasteiger partial charge is 0.329 e. The Morgan fingerprint density at radius 1 is 1.43 bits per heavy atom. The molecule has 1 aromatic rings. The number of halogens is 1. The average molecular weight is 359 g/mol.